The van der Waals surface area contributed by atoms with Crippen molar-refractivity contribution in [1.82, 2.24) is 0 Å². The monoisotopic (exact) mass is 532 g/mol. The number of aliphatic hydroxyl groups is 1. The molecule has 2 atom stereocenters. The van der Waals surface area contributed by atoms with Crippen molar-refractivity contribution in [3.63, 3.8) is 0 Å². The minimum absolute atomic E-state index is 0.0386. The Kier molecular flexibility index (Phi) is 7.40. The molecule has 2 aromatic carbocycles. The first-order valence-corrected chi connectivity index (χ1v) is 14.7. The summed E-state index contributed by atoms with van der Waals surface area (Å²) in [6, 6.07) is 8.09. The molecule has 0 fully saturated rings. The summed E-state index contributed by atoms with van der Waals surface area (Å²) in [5.74, 6) is -0.826. The fourth-order valence-corrected chi connectivity index (χ4v) is 5.74. The predicted octanol–water partition coefficient (Wildman–Crippen LogP) is 8.03. The molecule has 1 N–H and O–H groups in total. The third kappa shape index (κ3) is 5.39. The van der Waals surface area contributed by atoms with Crippen molar-refractivity contribution in [2.24, 2.45) is 0 Å². The highest BCUT2D eigenvalue weighted by Gasteiger charge is 2.56. The fourth-order valence-electron chi connectivity index (χ4n) is 3.90. The molecule has 0 bridgehead atoms. The molecule has 0 aromatic heterocycles. The first kappa shape index (κ1) is 27.2. The molecule has 0 aliphatic heterocycles. The predicted molar refractivity (Wildman–Crippen MR) is 131 cm³/mol. The van der Waals surface area contributed by atoms with Gasteiger partial charge in [0.2, 0.25) is 0 Å². The topological polar surface area (TPSA) is 46.5 Å². The molecule has 2 aromatic rings. The summed E-state index contributed by atoms with van der Waals surface area (Å²) in [6.45, 7) is 10.8. The molecule has 186 valence electrons. The second-order valence-corrected chi connectivity index (χ2v) is 16.1. The molecule has 0 spiro atoms. The van der Waals surface area contributed by atoms with E-state index < -0.39 is 37.9 Å². The zero-order valence-corrected chi connectivity index (χ0v) is 22.3. The van der Waals surface area contributed by atoms with Gasteiger partial charge in [-0.2, -0.15) is 13.2 Å². The Bertz CT molecular complexity index is 1080. The van der Waals surface area contributed by atoms with E-state index in [1.54, 1.807) is 12.1 Å². The average Bonchev–Trinajstić information content (AvgIpc) is 3.06. The molecular weight excluding hydrogens is 504 g/mol. The Hall–Kier alpha value is -1.38. The minimum Gasteiger partial charge on any atom is -0.410 e. The zero-order chi connectivity index (χ0) is 25.7. The number of ketones is 1. The van der Waals surface area contributed by atoms with Crippen LogP contribution >= 0.6 is 23.2 Å². The second-order valence-electron chi connectivity index (χ2n) is 10.4. The van der Waals surface area contributed by atoms with Gasteiger partial charge in [-0.25, -0.2) is 0 Å². The Labute approximate surface area is 209 Å². The third-order valence-corrected chi connectivity index (χ3v) is 11.9. The molecule has 3 rings (SSSR count). The summed E-state index contributed by atoms with van der Waals surface area (Å²) in [6.07, 6.45) is -4.97. The van der Waals surface area contributed by atoms with Gasteiger partial charge in [-0.05, 0) is 71.9 Å². The van der Waals surface area contributed by atoms with Crippen LogP contribution in [0.25, 0.3) is 0 Å². The first-order valence-electron chi connectivity index (χ1n) is 11.0. The lowest BCUT2D eigenvalue weighted by Crippen LogP contribution is -2.44. The summed E-state index contributed by atoms with van der Waals surface area (Å²) in [5.41, 5.74) is -2.03. The molecular formula is C25H29Cl2F3O3Si. The first-order chi connectivity index (χ1) is 15.4. The van der Waals surface area contributed by atoms with Crippen LogP contribution < -0.4 is 0 Å². The van der Waals surface area contributed by atoms with E-state index in [2.05, 4.69) is 33.9 Å². The van der Waals surface area contributed by atoms with Gasteiger partial charge in [0.15, 0.2) is 19.7 Å². The van der Waals surface area contributed by atoms with Gasteiger partial charge in [-0.1, -0.05) is 56.1 Å². The largest absolute Gasteiger partial charge is 0.421 e. The molecule has 0 radical (unpaired) electrons. The second kappa shape index (κ2) is 9.25. The van der Waals surface area contributed by atoms with Crippen molar-refractivity contribution in [3.05, 3.63) is 68.7 Å². The quantitative estimate of drug-likeness (QED) is 0.302. The lowest BCUT2D eigenvalue weighted by atomic mass is 9.86. The molecule has 1 unspecified atom stereocenters. The molecule has 1 aliphatic rings. The van der Waals surface area contributed by atoms with Crippen molar-refractivity contribution >= 4 is 37.3 Å². The molecule has 0 saturated carbocycles. The van der Waals surface area contributed by atoms with E-state index in [1.807, 2.05) is 0 Å². The number of hydrogen-bond acceptors (Lipinski definition) is 3. The van der Waals surface area contributed by atoms with Gasteiger partial charge in [0.05, 0.1) is 12.5 Å². The summed E-state index contributed by atoms with van der Waals surface area (Å²) >= 11 is 11.7. The highest BCUT2D eigenvalue weighted by atomic mass is 35.5. The Morgan fingerprint density at radius 3 is 2.21 bits per heavy atom. The van der Waals surface area contributed by atoms with Crippen molar-refractivity contribution in [2.75, 3.05) is 0 Å². The van der Waals surface area contributed by atoms with Crippen LogP contribution in [0.4, 0.5) is 13.2 Å². The minimum atomic E-state index is -5.12. The van der Waals surface area contributed by atoms with E-state index in [4.69, 9.17) is 27.6 Å². The lowest BCUT2D eigenvalue weighted by molar-refractivity contribution is -0.264. The maximum Gasteiger partial charge on any atom is 0.421 e. The fraction of sp³-hybridized carbons (Fsp3) is 0.480. The summed E-state index contributed by atoms with van der Waals surface area (Å²) in [7, 11) is -2.02. The van der Waals surface area contributed by atoms with Crippen LogP contribution in [-0.2, 0) is 16.4 Å². The number of halogens is 5. The maximum atomic E-state index is 14.0. The van der Waals surface area contributed by atoms with E-state index in [0.29, 0.717) is 6.42 Å². The molecule has 9 heteroatoms. The van der Waals surface area contributed by atoms with E-state index in [1.165, 1.54) is 12.1 Å². The molecule has 0 heterocycles. The average molecular weight is 533 g/mol. The number of carbonyl (C=O) groups is 1. The van der Waals surface area contributed by atoms with Crippen molar-refractivity contribution in [1.29, 1.82) is 0 Å². The number of fused-ring (bicyclic) bond motifs is 1. The number of hydrogen-bond donors (Lipinski definition) is 1. The summed E-state index contributed by atoms with van der Waals surface area (Å²) < 4.78 is 48.4. The molecule has 3 nitrogen and oxygen atoms in total. The number of carbonyl (C=O) groups excluding carboxylic acids is 1. The van der Waals surface area contributed by atoms with E-state index in [0.717, 1.165) is 29.7 Å². The van der Waals surface area contributed by atoms with Gasteiger partial charge < -0.3 is 9.53 Å². The van der Waals surface area contributed by atoms with Gasteiger partial charge in [0.1, 0.15) is 0 Å². The highest BCUT2D eigenvalue weighted by molar-refractivity contribution is 6.74. The van der Waals surface area contributed by atoms with Crippen LogP contribution in [0, 0.1) is 0 Å². The Balaban J connectivity index is 1.88. The van der Waals surface area contributed by atoms with Crippen LogP contribution in [0.15, 0.2) is 36.4 Å². The standard InChI is InChI=1S/C25H29Cl2F3O3Si/c1-23(2,3)34(4,5)33-22-9-7-15-10-16(6-8-20(15)22)21(31)14-24(32,25(28,29)30)17-11-18(26)13-19(27)12-17/h6,8,10-13,22,32H,7,9,14H2,1-5H3/t22?,24-/m1/s1. The van der Waals surface area contributed by atoms with Crippen LogP contribution in [0.2, 0.25) is 28.2 Å². The molecule has 0 saturated heterocycles. The highest BCUT2D eigenvalue weighted by Crippen LogP contribution is 2.45. The Morgan fingerprint density at radius 2 is 1.68 bits per heavy atom. The van der Waals surface area contributed by atoms with Crippen molar-refractivity contribution < 1.29 is 27.5 Å². The van der Waals surface area contributed by atoms with Crippen LogP contribution in [0.5, 0.6) is 0 Å². The van der Waals surface area contributed by atoms with E-state index in [-0.39, 0.29) is 26.8 Å². The number of alkyl halides is 3. The molecule has 1 aliphatic carbocycles. The van der Waals surface area contributed by atoms with Gasteiger partial charge in [-0.3, -0.25) is 4.79 Å². The van der Waals surface area contributed by atoms with Crippen LogP contribution in [-0.4, -0.2) is 25.4 Å². The van der Waals surface area contributed by atoms with Crippen molar-refractivity contribution in [3.8, 4) is 0 Å². The van der Waals surface area contributed by atoms with Crippen LogP contribution in [0.1, 0.15) is 66.8 Å². The normalized spacial score (nSPS) is 18.5. The number of rotatable bonds is 6. The van der Waals surface area contributed by atoms with Crippen LogP contribution in [0.3, 0.4) is 0 Å². The van der Waals surface area contributed by atoms with Gasteiger partial charge in [-0.15, -0.1) is 0 Å². The number of benzene rings is 2. The summed E-state index contributed by atoms with van der Waals surface area (Å²) in [5, 5.41) is 10.6. The Morgan fingerprint density at radius 1 is 1.09 bits per heavy atom. The van der Waals surface area contributed by atoms with E-state index >= 15 is 0 Å². The molecule has 34 heavy (non-hydrogen) atoms. The number of Topliss-reactive ketones (excluding diaryl/α,β-unsaturated/α-hetero) is 1. The zero-order valence-electron chi connectivity index (χ0n) is 19.8. The van der Waals surface area contributed by atoms with Gasteiger partial charge >= 0.3 is 6.18 Å². The maximum absolute atomic E-state index is 14.0. The lowest BCUT2D eigenvalue weighted by Gasteiger charge is -2.38. The van der Waals surface area contributed by atoms with Gasteiger partial charge in [0.25, 0.3) is 0 Å². The molecule has 0 amide bonds. The summed E-state index contributed by atoms with van der Waals surface area (Å²) in [4.78, 5) is 12.9. The SMILES string of the molecule is CC(C)(C)[Si](C)(C)OC1CCc2cc(C(=O)C[C@@](O)(c3cc(Cl)cc(Cl)c3)C(F)(F)F)ccc21. The van der Waals surface area contributed by atoms with E-state index in [9.17, 15) is 23.1 Å². The third-order valence-electron chi connectivity index (χ3n) is 6.96. The smallest absolute Gasteiger partial charge is 0.410 e. The number of aryl methyl sites for hydroxylation is 1. The van der Waals surface area contributed by atoms with Gasteiger partial charge in [0, 0.05) is 15.6 Å². The van der Waals surface area contributed by atoms with Crippen molar-refractivity contribution in [2.45, 2.75) is 76.0 Å².